The largest absolute Gasteiger partial charge is 0.444 e. The third-order valence-corrected chi connectivity index (χ3v) is 4.16. The average molecular weight is 240 g/mol. The first-order valence-corrected chi connectivity index (χ1v) is 6.27. The third-order valence-electron chi connectivity index (χ3n) is 4.16. The smallest absolute Gasteiger partial charge is 0.408 e. The van der Waals surface area contributed by atoms with Crippen molar-refractivity contribution in [2.24, 2.45) is 11.1 Å². The Morgan fingerprint density at radius 2 is 1.65 bits per heavy atom. The number of nitrogens with one attached hydrogen (secondary N) is 1. The molecular formula is C13H24N2O2. The van der Waals surface area contributed by atoms with Gasteiger partial charge < -0.3 is 15.8 Å². The van der Waals surface area contributed by atoms with Crippen LogP contribution >= 0.6 is 0 Å². The Kier molecular flexibility index (Phi) is 2.36. The molecule has 0 aliphatic heterocycles. The Hall–Kier alpha value is -0.770. The fourth-order valence-electron chi connectivity index (χ4n) is 3.12. The van der Waals surface area contributed by atoms with Crippen molar-refractivity contribution in [3.63, 3.8) is 0 Å². The number of carbonyl (C=O) groups excluding carboxylic acids is 1. The van der Waals surface area contributed by atoms with Gasteiger partial charge in [-0.25, -0.2) is 4.79 Å². The van der Waals surface area contributed by atoms with Crippen molar-refractivity contribution in [3.05, 3.63) is 0 Å². The summed E-state index contributed by atoms with van der Waals surface area (Å²) in [7, 11) is 0. The van der Waals surface area contributed by atoms with E-state index in [1.165, 1.54) is 0 Å². The summed E-state index contributed by atoms with van der Waals surface area (Å²) in [4.78, 5) is 11.7. The van der Waals surface area contributed by atoms with Crippen LogP contribution in [0.4, 0.5) is 4.79 Å². The summed E-state index contributed by atoms with van der Waals surface area (Å²) in [6.45, 7) is 9.77. The average Bonchev–Trinajstić information content (AvgIpc) is 1.86. The molecule has 0 unspecified atom stereocenters. The van der Waals surface area contributed by atoms with E-state index in [-0.39, 0.29) is 22.6 Å². The summed E-state index contributed by atoms with van der Waals surface area (Å²) in [5, 5.41) is 3.00. The molecule has 0 aromatic rings. The van der Waals surface area contributed by atoms with Gasteiger partial charge in [0.05, 0.1) is 0 Å². The number of rotatable bonds is 2. The second kappa shape index (κ2) is 3.16. The van der Waals surface area contributed by atoms with E-state index in [2.05, 4.69) is 19.2 Å². The van der Waals surface area contributed by atoms with E-state index in [1.54, 1.807) is 0 Å². The molecule has 98 valence electrons. The molecule has 4 nitrogen and oxygen atoms in total. The second-order valence-corrected chi connectivity index (χ2v) is 7.44. The Labute approximate surface area is 103 Å². The van der Waals surface area contributed by atoms with Crippen molar-refractivity contribution >= 4 is 6.09 Å². The molecule has 3 saturated carbocycles. The number of ether oxygens (including phenoxy) is 1. The quantitative estimate of drug-likeness (QED) is 0.777. The molecule has 0 aromatic carbocycles. The Bertz CT molecular complexity index is 330. The van der Waals surface area contributed by atoms with Gasteiger partial charge in [-0.2, -0.15) is 0 Å². The molecule has 4 heteroatoms. The SMILES string of the molecule is CC(C)(C)OC(=O)NC12CC(C(C)(C)N)(C1)C2. The molecule has 3 rings (SSSR count). The molecule has 0 saturated heterocycles. The van der Waals surface area contributed by atoms with Gasteiger partial charge in [0, 0.05) is 11.1 Å². The molecule has 0 radical (unpaired) electrons. The topological polar surface area (TPSA) is 64.3 Å². The summed E-state index contributed by atoms with van der Waals surface area (Å²) in [5.74, 6) is 0. The molecule has 3 fully saturated rings. The van der Waals surface area contributed by atoms with Crippen LogP contribution < -0.4 is 11.1 Å². The Balaban J connectivity index is 1.85. The lowest BCUT2D eigenvalue weighted by Crippen LogP contribution is -2.81. The van der Waals surface area contributed by atoms with Crippen LogP contribution in [-0.4, -0.2) is 22.8 Å². The molecule has 0 spiro atoms. The lowest BCUT2D eigenvalue weighted by molar-refractivity contribution is -0.188. The fraction of sp³-hybridized carbons (Fsp3) is 0.923. The summed E-state index contributed by atoms with van der Waals surface area (Å²) < 4.78 is 5.27. The molecule has 0 heterocycles. The first-order valence-electron chi connectivity index (χ1n) is 6.27. The predicted molar refractivity (Wildman–Crippen MR) is 66.7 cm³/mol. The summed E-state index contributed by atoms with van der Waals surface area (Å²) >= 11 is 0. The van der Waals surface area contributed by atoms with Crippen LogP contribution in [0.3, 0.4) is 0 Å². The van der Waals surface area contributed by atoms with E-state index in [0.29, 0.717) is 0 Å². The Morgan fingerprint density at radius 1 is 1.18 bits per heavy atom. The van der Waals surface area contributed by atoms with Gasteiger partial charge in [-0.15, -0.1) is 0 Å². The van der Waals surface area contributed by atoms with Crippen molar-refractivity contribution in [1.29, 1.82) is 0 Å². The highest BCUT2D eigenvalue weighted by atomic mass is 16.6. The van der Waals surface area contributed by atoms with E-state index < -0.39 is 5.60 Å². The van der Waals surface area contributed by atoms with Crippen LogP contribution in [0.15, 0.2) is 0 Å². The van der Waals surface area contributed by atoms with Crippen molar-refractivity contribution in [1.82, 2.24) is 5.32 Å². The number of nitrogens with two attached hydrogens (primary N) is 1. The summed E-state index contributed by atoms with van der Waals surface area (Å²) in [5.41, 5.74) is 5.79. The highest BCUT2D eigenvalue weighted by Gasteiger charge is 2.72. The highest BCUT2D eigenvalue weighted by Crippen LogP contribution is 2.71. The maximum Gasteiger partial charge on any atom is 0.408 e. The van der Waals surface area contributed by atoms with Crippen LogP contribution in [0.1, 0.15) is 53.9 Å². The van der Waals surface area contributed by atoms with Crippen molar-refractivity contribution < 1.29 is 9.53 Å². The predicted octanol–water partition coefficient (Wildman–Crippen LogP) is 2.17. The number of amides is 1. The number of alkyl carbamates (subject to hydrolysis) is 1. The number of hydrogen-bond acceptors (Lipinski definition) is 3. The van der Waals surface area contributed by atoms with E-state index in [1.807, 2.05) is 20.8 Å². The maximum atomic E-state index is 11.7. The first-order chi connectivity index (χ1) is 7.47. The van der Waals surface area contributed by atoms with Gasteiger partial charge in [0.15, 0.2) is 0 Å². The van der Waals surface area contributed by atoms with Crippen LogP contribution in [-0.2, 0) is 4.74 Å². The van der Waals surface area contributed by atoms with Gasteiger partial charge in [0.1, 0.15) is 5.60 Å². The van der Waals surface area contributed by atoms with Gasteiger partial charge >= 0.3 is 6.09 Å². The standard InChI is InChI=1S/C13H24N2O2/c1-10(2,3)17-9(16)15-13-6-12(7-13,8-13)11(4,5)14/h6-8,14H2,1-5H3,(H,15,16). The van der Waals surface area contributed by atoms with Gasteiger partial charge in [-0.05, 0) is 59.3 Å². The van der Waals surface area contributed by atoms with Crippen molar-refractivity contribution in [3.8, 4) is 0 Å². The zero-order chi connectivity index (χ0) is 13.1. The van der Waals surface area contributed by atoms with Gasteiger partial charge in [0.25, 0.3) is 0 Å². The minimum Gasteiger partial charge on any atom is -0.444 e. The van der Waals surface area contributed by atoms with Crippen molar-refractivity contribution in [2.75, 3.05) is 0 Å². The minimum atomic E-state index is -0.432. The monoisotopic (exact) mass is 240 g/mol. The van der Waals surface area contributed by atoms with Crippen molar-refractivity contribution in [2.45, 2.75) is 70.6 Å². The fourth-order valence-corrected chi connectivity index (χ4v) is 3.12. The van der Waals surface area contributed by atoms with Crippen LogP contribution in [0.5, 0.6) is 0 Å². The summed E-state index contributed by atoms with van der Waals surface area (Å²) in [6.07, 6.45) is 2.66. The van der Waals surface area contributed by atoms with E-state index in [9.17, 15) is 4.79 Å². The molecule has 3 aliphatic carbocycles. The highest BCUT2D eigenvalue weighted by molar-refractivity contribution is 5.70. The molecule has 0 atom stereocenters. The molecule has 0 aromatic heterocycles. The minimum absolute atomic E-state index is 0.0288. The lowest BCUT2D eigenvalue weighted by atomic mass is 9.34. The molecule has 17 heavy (non-hydrogen) atoms. The molecule has 3 N–H and O–H groups in total. The normalized spacial score (nSPS) is 35.6. The number of carbonyl (C=O) groups is 1. The molecule has 2 bridgehead atoms. The van der Waals surface area contributed by atoms with Gasteiger partial charge in [-0.1, -0.05) is 0 Å². The third kappa shape index (κ3) is 2.03. The maximum absolute atomic E-state index is 11.7. The molecular weight excluding hydrogens is 216 g/mol. The van der Waals surface area contributed by atoms with Crippen LogP contribution in [0, 0.1) is 5.41 Å². The zero-order valence-corrected chi connectivity index (χ0v) is 11.5. The summed E-state index contributed by atoms with van der Waals surface area (Å²) in [6, 6.07) is 0. The second-order valence-electron chi connectivity index (χ2n) is 7.44. The van der Waals surface area contributed by atoms with Gasteiger partial charge in [0.2, 0.25) is 0 Å². The zero-order valence-electron chi connectivity index (χ0n) is 11.5. The van der Waals surface area contributed by atoms with E-state index in [0.717, 1.165) is 19.3 Å². The number of hydrogen-bond donors (Lipinski definition) is 2. The lowest BCUT2D eigenvalue weighted by Gasteiger charge is -2.74. The first kappa shape index (κ1) is 12.7. The van der Waals surface area contributed by atoms with Gasteiger partial charge in [-0.3, -0.25) is 0 Å². The Morgan fingerprint density at radius 3 is 2.00 bits per heavy atom. The molecule has 3 aliphatic rings. The van der Waals surface area contributed by atoms with E-state index >= 15 is 0 Å². The van der Waals surface area contributed by atoms with E-state index in [4.69, 9.17) is 10.5 Å². The van der Waals surface area contributed by atoms with Crippen LogP contribution in [0.2, 0.25) is 0 Å². The van der Waals surface area contributed by atoms with Crippen LogP contribution in [0.25, 0.3) is 0 Å². The molecule has 1 amide bonds.